The molecule has 2 N–H and O–H groups in total. The van der Waals surface area contributed by atoms with Crippen molar-refractivity contribution in [1.29, 1.82) is 0 Å². The van der Waals surface area contributed by atoms with Gasteiger partial charge in [0.1, 0.15) is 0 Å². The van der Waals surface area contributed by atoms with Crippen LogP contribution in [0.3, 0.4) is 0 Å². The molecule has 0 aliphatic rings. The number of benzene rings is 3. The van der Waals surface area contributed by atoms with Crippen LogP contribution >= 0.6 is 11.3 Å². The van der Waals surface area contributed by atoms with Crippen molar-refractivity contribution in [3.05, 3.63) is 88.5 Å². The number of carbonyl (C=O) groups excluding carboxylic acids is 2. The maximum Gasteiger partial charge on any atom is 0.257 e. The standard InChI is InChI=1S/C24H21N3O2S/c1-14-11-15(2)21(16(3)12-14)26-23(29)18-9-10-19-20(13-18)30-24(25-19)27-22(28)17-7-5-4-6-8-17/h4-13H,1-3H3,(H,26,29)(H,25,27,28). The van der Waals surface area contributed by atoms with E-state index >= 15 is 0 Å². The van der Waals surface area contributed by atoms with Crippen LogP contribution < -0.4 is 10.6 Å². The Morgan fingerprint density at radius 3 is 2.17 bits per heavy atom. The van der Waals surface area contributed by atoms with Gasteiger partial charge in [-0.3, -0.25) is 14.9 Å². The lowest BCUT2D eigenvalue weighted by Crippen LogP contribution is -2.13. The predicted octanol–water partition coefficient (Wildman–Crippen LogP) is 5.73. The fourth-order valence-corrected chi connectivity index (χ4v) is 4.34. The summed E-state index contributed by atoms with van der Waals surface area (Å²) in [5.41, 5.74) is 5.93. The van der Waals surface area contributed by atoms with E-state index < -0.39 is 0 Å². The summed E-state index contributed by atoms with van der Waals surface area (Å²) in [6, 6.07) is 18.5. The number of hydrogen-bond donors (Lipinski definition) is 2. The summed E-state index contributed by atoms with van der Waals surface area (Å²) in [5, 5.41) is 6.35. The van der Waals surface area contributed by atoms with Crippen LogP contribution in [-0.4, -0.2) is 16.8 Å². The molecule has 3 aromatic carbocycles. The van der Waals surface area contributed by atoms with Crippen molar-refractivity contribution in [2.45, 2.75) is 20.8 Å². The van der Waals surface area contributed by atoms with Crippen LogP contribution in [0.1, 0.15) is 37.4 Å². The highest BCUT2D eigenvalue weighted by Gasteiger charge is 2.14. The first kappa shape index (κ1) is 19.8. The van der Waals surface area contributed by atoms with Crippen LogP contribution in [0.4, 0.5) is 10.8 Å². The summed E-state index contributed by atoms with van der Waals surface area (Å²) < 4.78 is 0.836. The summed E-state index contributed by atoms with van der Waals surface area (Å²) in [4.78, 5) is 29.6. The van der Waals surface area contributed by atoms with Gasteiger partial charge < -0.3 is 5.32 Å². The number of thiazole rings is 1. The molecule has 0 saturated carbocycles. The van der Waals surface area contributed by atoms with Crippen molar-refractivity contribution < 1.29 is 9.59 Å². The number of anilines is 2. The summed E-state index contributed by atoms with van der Waals surface area (Å²) in [5.74, 6) is -0.381. The van der Waals surface area contributed by atoms with Crippen molar-refractivity contribution in [3.8, 4) is 0 Å². The van der Waals surface area contributed by atoms with E-state index in [1.165, 1.54) is 16.9 Å². The Labute approximate surface area is 178 Å². The molecule has 0 unspecified atom stereocenters. The van der Waals surface area contributed by atoms with E-state index in [9.17, 15) is 9.59 Å². The molecular formula is C24H21N3O2S. The van der Waals surface area contributed by atoms with E-state index in [4.69, 9.17) is 0 Å². The quantitative estimate of drug-likeness (QED) is 0.447. The number of fused-ring (bicyclic) bond motifs is 1. The summed E-state index contributed by atoms with van der Waals surface area (Å²) in [6.45, 7) is 6.02. The molecule has 30 heavy (non-hydrogen) atoms. The van der Waals surface area contributed by atoms with E-state index in [0.717, 1.165) is 27.0 Å². The van der Waals surface area contributed by atoms with Gasteiger partial charge in [-0.25, -0.2) is 4.98 Å². The molecule has 0 fully saturated rings. The highest BCUT2D eigenvalue weighted by atomic mass is 32.1. The molecule has 0 radical (unpaired) electrons. The second-order valence-corrected chi connectivity index (χ2v) is 8.28. The van der Waals surface area contributed by atoms with Gasteiger partial charge in [0.2, 0.25) is 0 Å². The molecule has 2 amide bonds. The van der Waals surface area contributed by atoms with E-state index in [2.05, 4.69) is 27.8 Å². The van der Waals surface area contributed by atoms with Crippen LogP contribution in [0.5, 0.6) is 0 Å². The molecule has 5 nitrogen and oxygen atoms in total. The Morgan fingerprint density at radius 1 is 0.800 bits per heavy atom. The average molecular weight is 416 g/mol. The highest BCUT2D eigenvalue weighted by Crippen LogP contribution is 2.28. The van der Waals surface area contributed by atoms with Crippen molar-refractivity contribution in [3.63, 3.8) is 0 Å². The maximum absolute atomic E-state index is 12.8. The van der Waals surface area contributed by atoms with Crippen LogP contribution in [-0.2, 0) is 0 Å². The smallest absolute Gasteiger partial charge is 0.257 e. The van der Waals surface area contributed by atoms with Gasteiger partial charge in [0.05, 0.1) is 10.2 Å². The Morgan fingerprint density at radius 2 is 1.47 bits per heavy atom. The third kappa shape index (κ3) is 4.09. The Hall–Kier alpha value is -3.51. The van der Waals surface area contributed by atoms with Gasteiger partial charge in [0, 0.05) is 16.8 Å². The first-order chi connectivity index (χ1) is 14.4. The molecule has 4 rings (SSSR count). The fraction of sp³-hybridized carbons (Fsp3) is 0.125. The van der Waals surface area contributed by atoms with Gasteiger partial charge in [-0.05, 0) is 62.2 Å². The van der Waals surface area contributed by atoms with E-state index in [-0.39, 0.29) is 11.8 Å². The largest absolute Gasteiger partial charge is 0.322 e. The number of carbonyl (C=O) groups is 2. The highest BCUT2D eigenvalue weighted by molar-refractivity contribution is 7.22. The third-order valence-corrected chi connectivity index (χ3v) is 5.76. The number of nitrogens with one attached hydrogen (secondary N) is 2. The zero-order valence-corrected chi connectivity index (χ0v) is 17.8. The van der Waals surface area contributed by atoms with Crippen LogP contribution in [0.15, 0.2) is 60.7 Å². The fourth-order valence-electron chi connectivity index (χ4n) is 3.44. The number of nitrogens with zero attached hydrogens (tertiary/aromatic N) is 1. The van der Waals surface area contributed by atoms with Gasteiger partial charge in [-0.15, -0.1) is 0 Å². The summed E-state index contributed by atoms with van der Waals surface area (Å²) in [6.07, 6.45) is 0. The van der Waals surface area contributed by atoms with Crippen molar-refractivity contribution in [1.82, 2.24) is 4.98 Å². The average Bonchev–Trinajstić information content (AvgIpc) is 3.12. The molecule has 0 atom stereocenters. The third-order valence-electron chi connectivity index (χ3n) is 4.82. The summed E-state index contributed by atoms with van der Waals surface area (Å²) >= 11 is 1.34. The molecule has 1 aromatic heterocycles. The summed E-state index contributed by atoms with van der Waals surface area (Å²) in [7, 11) is 0. The molecule has 0 spiro atoms. The lowest BCUT2D eigenvalue weighted by atomic mass is 10.0. The minimum Gasteiger partial charge on any atom is -0.322 e. The molecule has 4 aromatic rings. The minimum absolute atomic E-state index is 0.171. The van der Waals surface area contributed by atoms with Gasteiger partial charge in [-0.2, -0.15) is 0 Å². The Balaban J connectivity index is 1.55. The molecule has 0 saturated heterocycles. The van der Waals surface area contributed by atoms with Crippen molar-refractivity contribution in [2.24, 2.45) is 0 Å². The first-order valence-electron chi connectivity index (χ1n) is 9.57. The number of amides is 2. The molecule has 150 valence electrons. The predicted molar refractivity (Wildman–Crippen MR) is 123 cm³/mol. The van der Waals surface area contributed by atoms with Gasteiger partial charge in [-0.1, -0.05) is 47.2 Å². The van der Waals surface area contributed by atoms with E-state index in [1.807, 2.05) is 39.0 Å². The molecule has 1 heterocycles. The minimum atomic E-state index is -0.210. The molecule has 0 aliphatic heterocycles. The number of aryl methyl sites for hydroxylation is 3. The normalized spacial score (nSPS) is 10.8. The number of rotatable bonds is 4. The van der Waals surface area contributed by atoms with E-state index in [0.29, 0.717) is 16.3 Å². The van der Waals surface area contributed by atoms with Crippen molar-refractivity contribution >= 4 is 44.2 Å². The van der Waals surface area contributed by atoms with E-state index in [1.54, 1.807) is 30.3 Å². The molecular weight excluding hydrogens is 394 g/mol. The van der Waals surface area contributed by atoms with Crippen LogP contribution in [0.2, 0.25) is 0 Å². The SMILES string of the molecule is Cc1cc(C)c(NC(=O)c2ccc3nc(NC(=O)c4ccccc4)sc3c2)c(C)c1. The molecule has 0 bridgehead atoms. The van der Waals surface area contributed by atoms with Gasteiger partial charge in [0.25, 0.3) is 11.8 Å². The zero-order valence-electron chi connectivity index (χ0n) is 16.9. The Kier molecular flexibility index (Phi) is 5.33. The van der Waals surface area contributed by atoms with Gasteiger partial charge in [0.15, 0.2) is 5.13 Å². The topological polar surface area (TPSA) is 71.1 Å². The van der Waals surface area contributed by atoms with Crippen LogP contribution in [0, 0.1) is 20.8 Å². The van der Waals surface area contributed by atoms with Crippen molar-refractivity contribution in [2.75, 3.05) is 10.6 Å². The molecule has 0 aliphatic carbocycles. The van der Waals surface area contributed by atoms with Crippen LogP contribution in [0.25, 0.3) is 10.2 Å². The lowest BCUT2D eigenvalue weighted by Gasteiger charge is -2.12. The Bertz CT molecular complexity index is 1240. The molecule has 6 heteroatoms. The second-order valence-electron chi connectivity index (χ2n) is 7.25. The zero-order chi connectivity index (χ0) is 21.3. The number of aromatic nitrogens is 1. The second kappa shape index (κ2) is 8.08. The van der Waals surface area contributed by atoms with Gasteiger partial charge >= 0.3 is 0 Å². The monoisotopic (exact) mass is 415 g/mol. The maximum atomic E-state index is 12.8. The first-order valence-corrected chi connectivity index (χ1v) is 10.4. The number of hydrogen-bond acceptors (Lipinski definition) is 4. The lowest BCUT2D eigenvalue weighted by molar-refractivity contribution is 0.101.